The second-order valence-corrected chi connectivity index (χ2v) is 7.62. The molecule has 4 heterocycles. The Kier molecular flexibility index (Phi) is 5.09. The lowest BCUT2D eigenvalue weighted by atomic mass is 9.67. The van der Waals surface area contributed by atoms with Crippen LogP contribution in [0.25, 0.3) is 0 Å². The van der Waals surface area contributed by atoms with Gasteiger partial charge < -0.3 is 14.7 Å². The van der Waals surface area contributed by atoms with Crippen molar-refractivity contribution in [1.82, 2.24) is 9.80 Å². The molecule has 7 heteroatoms. The largest absolute Gasteiger partial charge is 0.459 e. The summed E-state index contributed by atoms with van der Waals surface area (Å²) in [6.07, 6.45) is 3.39. The normalized spacial score (nSPS) is 41.8. The third-order valence-electron chi connectivity index (χ3n) is 6.35. The van der Waals surface area contributed by atoms with Crippen LogP contribution >= 0.6 is 12.4 Å². The number of rotatable bonds is 1. The molecule has 6 nitrogen and oxygen atoms in total. The van der Waals surface area contributed by atoms with Gasteiger partial charge in [-0.2, -0.15) is 0 Å². The van der Waals surface area contributed by atoms with Crippen LogP contribution in [-0.4, -0.2) is 70.7 Å². The highest BCUT2D eigenvalue weighted by atomic mass is 35.5. The first-order valence-electron chi connectivity index (χ1n) is 8.96. The molecule has 1 N–H and O–H groups in total. The van der Waals surface area contributed by atoms with E-state index < -0.39 is 18.2 Å². The van der Waals surface area contributed by atoms with Gasteiger partial charge in [0.15, 0.2) is 6.10 Å². The van der Waals surface area contributed by atoms with Gasteiger partial charge >= 0.3 is 5.97 Å². The minimum absolute atomic E-state index is 0. The minimum Gasteiger partial charge on any atom is -0.459 e. The van der Waals surface area contributed by atoms with E-state index >= 15 is 0 Å². The number of aliphatic hydroxyl groups excluding tert-OH is 1. The first-order valence-corrected chi connectivity index (χ1v) is 8.96. The van der Waals surface area contributed by atoms with E-state index in [1.54, 1.807) is 0 Å². The van der Waals surface area contributed by atoms with Crippen molar-refractivity contribution in [2.24, 2.45) is 11.8 Å². The molecule has 4 rings (SSSR count). The number of nitrogens with zero attached hydrogens (tertiary/aromatic N) is 2. The van der Waals surface area contributed by atoms with E-state index in [-0.39, 0.29) is 24.4 Å². The van der Waals surface area contributed by atoms with Crippen molar-refractivity contribution in [2.45, 2.75) is 63.3 Å². The fraction of sp³-hybridized carbons (Fsp3) is 0.882. The Balaban J connectivity index is 0.00000169. The van der Waals surface area contributed by atoms with Crippen LogP contribution in [0.5, 0.6) is 0 Å². The van der Waals surface area contributed by atoms with Crippen LogP contribution in [0.3, 0.4) is 0 Å². The lowest BCUT2D eigenvalue weighted by Gasteiger charge is -2.59. The summed E-state index contributed by atoms with van der Waals surface area (Å²) in [4.78, 5) is 28.5. The Hall–Kier alpha value is -0.850. The topological polar surface area (TPSA) is 70.1 Å². The number of hydrogen-bond acceptors (Lipinski definition) is 5. The molecule has 0 radical (unpaired) electrons. The predicted octanol–water partition coefficient (Wildman–Crippen LogP) is 0.806. The summed E-state index contributed by atoms with van der Waals surface area (Å²) in [5, 5.41) is 10.3. The van der Waals surface area contributed by atoms with E-state index in [0.29, 0.717) is 24.3 Å². The second kappa shape index (κ2) is 6.81. The molecule has 0 aromatic rings. The molecule has 4 fully saturated rings. The van der Waals surface area contributed by atoms with Gasteiger partial charge in [0.25, 0.3) is 5.91 Å². The van der Waals surface area contributed by atoms with E-state index in [0.717, 1.165) is 13.0 Å². The number of ether oxygens (including phenoxy) is 1. The van der Waals surface area contributed by atoms with Crippen molar-refractivity contribution in [3.8, 4) is 0 Å². The number of esters is 1. The first-order chi connectivity index (χ1) is 11.1. The summed E-state index contributed by atoms with van der Waals surface area (Å²) in [5.41, 5.74) is 0. The van der Waals surface area contributed by atoms with Crippen molar-refractivity contribution < 1.29 is 19.4 Å². The van der Waals surface area contributed by atoms with Crippen molar-refractivity contribution in [2.75, 3.05) is 19.6 Å². The van der Waals surface area contributed by atoms with Crippen LogP contribution in [0.1, 0.15) is 39.0 Å². The molecule has 0 aromatic carbocycles. The van der Waals surface area contributed by atoms with Gasteiger partial charge in [-0.1, -0.05) is 0 Å². The van der Waals surface area contributed by atoms with E-state index in [1.165, 1.54) is 39.3 Å². The van der Waals surface area contributed by atoms with Crippen molar-refractivity contribution in [1.29, 1.82) is 0 Å². The zero-order chi connectivity index (χ0) is 16.1. The molecule has 2 unspecified atom stereocenters. The van der Waals surface area contributed by atoms with Crippen LogP contribution in [0, 0.1) is 11.8 Å². The Bertz CT molecular complexity index is 515. The summed E-state index contributed by atoms with van der Waals surface area (Å²) < 4.78 is 5.25. The number of piperidine rings is 4. The number of fused-ring (bicyclic) bond motifs is 2. The fourth-order valence-electron chi connectivity index (χ4n) is 5.57. The van der Waals surface area contributed by atoms with Crippen molar-refractivity contribution in [3.05, 3.63) is 0 Å². The molecule has 0 bridgehead atoms. The zero-order valence-electron chi connectivity index (χ0n) is 14.1. The highest BCUT2D eigenvalue weighted by molar-refractivity contribution is 5.85. The molecular weight excluding hydrogens is 332 g/mol. The third kappa shape index (κ3) is 2.82. The molecule has 0 aliphatic carbocycles. The van der Waals surface area contributed by atoms with Crippen LogP contribution in [0.2, 0.25) is 0 Å². The molecule has 0 saturated carbocycles. The fourth-order valence-corrected chi connectivity index (χ4v) is 5.57. The van der Waals surface area contributed by atoms with Crippen molar-refractivity contribution in [3.63, 3.8) is 0 Å². The number of halogens is 1. The molecule has 4 aliphatic rings. The average molecular weight is 359 g/mol. The van der Waals surface area contributed by atoms with Gasteiger partial charge in [-0.25, -0.2) is 0 Å². The maximum absolute atomic E-state index is 12.7. The highest BCUT2D eigenvalue weighted by Crippen LogP contribution is 2.45. The smallest absolute Gasteiger partial charge is 0.303 e. The van der Waals surface area contributed by atoms with Crippen molar-refractivity contribution >= 4 is 24.3 Å². The van der Waals surface area contributed by atoms with Gasteiger partial charge in [0.05, 0.1) is 0 Å². The lowest BCUT2D eigenvalue weighted by Crippen LogP contribution is -2.70. The quantitative estimate of drug-likeness (QED) is 0.702. The third-order valence-corrected chi connectivity index (χ3v) is 6.35. The molecule has 4 aliphatic heterocycles. The van der Waals surface area contributed by atoms with Gasteiger partial charge in [-0.3, -0.25) is 14.5 Å². The van der Waals surface area contributed by atoms with Crippen LogP contribution in [-0.2, 0) is 14.3 Å². The highest BCUT2D eigenvalue weighted by Gasteiger charge is 2.54. The standard InChI is InChI=1S/C17H26N2O4.ClH/c1-10(20)23-14-8-13-12-5-3-7-18-6-2-4-11(15(12)18)9-19(13)17(22)16(14)21;/h11-16,21H,2-9H2,1H3;1H/t11-,12+,13+,14?,15-,16?;/m0./s1. The summed E-state index contributed by atoms with van der Waals surface area (Å²) in [7, 11) is 0. The van der Waals surface area contributed by atoms with Gasteiger partial charge in [-0.15, -0.1) is 12.4 Å². The molecular formula is C17H27ClN2O4. The molecule has 6 atom stereocenters. The van der Waals surface area contributed by atoms with E-state index in [4.69, 9.17) is 4.74 Å². The maximum atomic E-state index is 12.7. The van der Waals surface area contributed by atoms with Crippen LogP contribution in [0.15, 0.2) is 0 Å². The monoisotopic (exact) mass is 358 g/mol. The Labute approximate surface area is 148 Å². The Morgan fingerprint density at radius 1 is 1.25 bits per heavy atom. The second-order valence-electron chi connectivity index (χ2n) is 7.62. The van der Waals surface area contributed by atoms with Crippen LogP contribution < -0.4 is 0 Å². The minimum atomic E-state index is -1.20. The van der Waals surface area contributed by atoms with E-state index in [1.807, 2.05) is 4.90 Å². The summed E-state index contributed by atoms with van der Waals surface area (Å²) in [5.74, 6) is 0.324. The van der Waals surface area contributed by atoms with Gasteiger partial charge in [0, 0.05) is 32.0 Å². The number of hydrogen-bond donors (Lipinski definition) is 1. The predicted molar refractivity (Wildman–Crippen MR) is 89.7 cm³/mol. The Morgan fingerprint density at radius 2 is 1.96 bits per heavy atom. The summed E-state index contributed by atoms with van der Waals surface area (Å²) in [6, 6.07) is 0.678. The molecule has 1 amide bonds. The molecule has 4 saturated heterocycles. The molecule has 0 spiro atoms. The first kappa shape index (κ1) is 18.0. The Morgan fingerprint density at radius 3 is 2.67 bits per heavy atom. The van der Waals surface area contributed by atoms with Gasteiger partial charge in [0.2, 0.25) is 0 Å². The van der Waals surface area contributed by atoms with Crippen LogP contribution in [0.4, 0.5) is 0 Å². The summed E-state index contributed by atoms with van der Waals surface area (Å²) in [6.45, 7) is 4.44. The summed E-state index contributed by atoms with van der Waals surface area (Å²) >= 11 is 0. The number of amides is 1. The number of carbonyl (C=O) groups excluding carboxylic acids is 2. The van der Waals surface area contributed by atoms with Gasteiger partial charge in [0.1, 0.15) is 6.10 Å². The molecule has 136 valence electrons. The number of carbonyl (C=O) groups is 2. The zero-order valence-corrected chi connectivity index (χ0v) is 14.9. The van der Waals surface area contributed by atoms with Gasteiger partial charge in [-0.05, 0) is 50.6 Å². The average Bonchev–Trinajstić information content (AvgIpc) is 2.53. The SMILES string of the molecule is CC(=O)OC1C[C@@H]2[C@H]3CCCN4CCC[C@@H](CN2C(=O)C1O)[C@@H]34.Cl. The lowest BCUT2D eigenvalue weighted by molar-refractivity contribution is -0.184. The van der Waals surface area contributed by atoms with E-state index in [2.05, 4.69) is 4.90 Å². The molecule has 0 aromatic heterocycles. The molecule has 24 heavy (non-hydrogen) atoms. The van der Waals surface area contributed by atoms with E-state index in [9.17, 15) is 14.7 Å². The maximum Gasteiger partial charge on any atom is 0.303 e. The number of aliphatic hydroxyl groups is 1.